The first kappa shape index (κ1) is 11.7. The van der Waals surface area contributed by atoms with Gasteiger partial charge < -0.3 is 15.0 Å². The molecule has 1 fully saturated rings. The van der Waals surface area contributed by atoms with Crippen molar-refractivity contribution in [2.45, 2.75) is 26.0 Å². The molecule has 2 rings (SSSR count). The van der Waals surface area contributed by atoms with Crippen LogP contribution in [0, 0.1) is 0 Å². The lowest BCUT2D eigenvalue weighted by Crippen LogP contribution is -2.31. The third kappa shape index (κ3) is 2.49. The largest absolute Gasteiger partial charge is 0.468 e. The Morgan fingerprint density at radius 1 is 1.65 bits per heavy atom. The zero-order chi connectivity index (χ0) is 12.4. The Morgan fingerprint density at radius 2 is 2.41 bits per heavy atom. The molecule has 0 bridgehead atoms. The van der Waals surface area contributed by atoms with Crippen LogP contribution in [0.3, 0.4) is 0 Å². The molecule has 1 aliphatic heterocycles. The van der Waals surface area contributed by atoms with Crippen molar-refractivity contribution in [1.29, 1.82) is 0 Å². The summed E-state index contributed by atoms with van der Waals surface area (Å²) >= 11 is 0. The van der Waals surface area contributed by atoms with Gasteiger partial charge in [-0.1, -0.05) is 0 Å². The van der Waals surface area contributed by atoms with Crippen molar-refractivity contribution in [3.63, 3.8) is 0 Å². The molecule has 1 saturated heterocycles. The maximum absolute atomic E-state index is 11.2. The standard InChI is InChI=1S/C12H16N2O3/c1-8(15)13-6-5-12-14(2)10-4-3-9(16)7-11(10)17-12/h4,7,12H,3,5-6H2,1-2H3,(H,13,15). The van der Waals surface area contributed by atoms with Crippen LogP contribution in [0.5, 0.6) is 0 Å². The molecule has 0 aromatic carbocycles. The van der Waals surface area contributed by atoms with Gasteiger partial charge in [-0.05, 0) is 6.08 Å². The van der Waals surface area contributed by atoms with Gasteiger partial charge in [0.1, 0.15) is 5.76 Å². The highest BCUT2D eigenvalue weighted by molar-refractivity contribution is 5.93. The van der Waals surface area contributed by atoms with Crippen molar-refractivity contribution in [2.24, 2.45) is 0 Å². The second-order valence-corrected chi connectivity index (χ2v) is 4.22. The summed E-state index contributed by atoms with van der Waals surface area (Å²) in [7, 11) is 1.93. The van der Waals surface area contributed by atoms with Crippen molar-refractivity contribution in [3.8, 4) is 0 Å². The zero-order valence-electron chi connectivity index (χ0n) is 10.0. The maximum atomic E-state index is 11.2. The molecule has 1 heterocycles. The monoisotopic (exact) mass is 236 g/mol. The van der Waals surface area contributed by atoms with E-state index in [1.165, 1.54) is 6.92 Å². The molecule has 1 atom stereocenters. The number of ether oxygens (including phenoxy) is 1. The summed E-state index contributed by atoms with van der Waals surface area (Å²) in [5.41, 5.74) is 0.970. The molecule has 1 unspecified atom stereocenters. The number of rotatable bonds is 3. The normalized spacial score (nSPS) is 22.6. The third-order valence-electron chi connectivity index (χ3n) is 2.88. The Hall–Kier alpha value is -1.78. The van der Waals surface area contributed by atoms with E-state index in [2.05, 4.69) is 5.32 Å². The van der Waals surface area contributed by atoms with E-state index in [-0.39, 0.29) is 17.9 Å². The maximum Gasteiger partial charge on any atom is 0.216 e. The average molecular weight is 236 g/mol. The van der Waals surface area contributed by atoms with Gasteiger partial charge in [-0.25, -0.2) is 0 Å². The lowest BCUT2D eigenvalue weighted by atomic mass is 10.1. The van der Waals surface area contributed by atoms with Gasteiger partial charge in [0.25, 0.3) is 0 Å². The highest BCUT2D eigenvalue weighted by Gasteiger charge is 2.32. The van der Waals surface area contributed by atoms with Crippen LogP contribution in [-0.4, -0.2) is 36.4 Å². The topological polar surface area (TPSA) is 58.6 Å². The number of amides is 1. The molecular weight excluding hydrogens is 220 g/mol. The van der Waals surface area contributed by atoms with Crippen LogP contribution in [0.1, 0.15) is 19.8 Å². The number of likely N-dealkylation sites (N-methyl/N-ethyl adjacent to an activating group) is 1. The average Bonchev–Trinajstić information content (AvgIpc) is 2.55. The Kier molecular flexibility index (Phi) is 3.17. The van der Waals surface area contributed by atoms with Crippen LogP contribution in [0.2, 0.25) is 0 Å². The second-order valence-electron chi connectivity index (χ2n) is 4.22. The summed E-state index contributed by atoms with van der Waals surface area (Å²) in [6.45, 7) is 2.06. The van der Waals surface area contributed by atoms with E-state index in [4.69, 9.17) is 4.74 Å². The van der Waals surface area contributed by atoms with Gasteiger partial charge in [-0.3, -0.25) is 9.59 Å². The number of ketones is 1. The van der Waals surface area contributed by atoms with E-state index >= 15 is 0 Å². The number of nitrogens with one attached hydrogen (secondary N) is 1. The van der Waals surface area contributed by atoms with E-state index in [0.29, 0.717) is 25.1 Å². The van der Waals surface area contributed by atoms with Crippen LogP contribution >= 0.6 is 0 Å². The lowest BCUT2D eigenvalue weighted by Gasteiger charge is -2.19. The number of nitrogens with zero attached hydrogens (tertiary/aromatic N) is 1. The summed E-state index contributed by atoms with van der Waals surface area (Å²) in [5, 5.41) is 2.73. The molecular formula is C12H16N2O3. The first-order chi connectivity index (χ1) is 8.08. The van der Waals surface area contributed by atoms with Gasteiger partial charge in [0.2, 0.25) is 5.91 Å². The Balaban J connectivity index is 1.96. The summed E-state index contributed by atoms with van der Waals surface area (Å²) in [4.78, 5) is 24.0. The van der Waals surface area contributed by atoms with Gasteiger partial charge in [-0.2, -0.15) is 0 Å². The van der Waals surface area contributed by atoms with Crippen molar-refractivity contribution in [2.75, 3.05) is 13.6 Å². The highest BCUT2D eigenvalue weighted by Crippen LogP contribution is 2.32. The summed E-state index contributed by atoms with van der Waals surface area (Å²) in [6.07, 6.45) is 4.45. The minimum Gasteiger partial charge on any atom is -0.468 e. The lowest BCUT2D eigenvalue weighted by molar-refractivity contribution is -0.119. The summed E-state index contributed by atoms with van der Waals surface area (Å²) in [6, 6.07) is 0. The van der Waals surface area contributed by atoms with Crippen molar-refractivity contribution in [1.82, 2.24) is 10.2 Å². The fourth-order valence-electron chi connectivity index (χ4n) is 1.99. The van der Waals surface area contributed by atoms with Crippen molar-refractivity contribution < 1.29 is 14.3 Å². The van der Waals surface area contributed by atoms with E-state index in [9.17, 15) is 9.59 Å². The predicted octanol–water partition coefficient (Wildman–Crippen LogP) is 0.541. The Morgan fingerprint density at radius 3 is 3.12 bits per heavy atom. The molecule has 0 aromatic heterocycles. The minimum atomic E-state index is -0.106. The van der Waals surface area contributed by atoms with Crippen LogP contribution < -0.4 is 5.32 Å². The van der Waals surface area contributed by atoms with Gasteiger partial charge >= 0.3 is 0 Å². The predicted molar refractivity (Wildman–Crippen MR) is 61.7 cm³/mol. The minimum absolute atomic E-state index is 0.0447. The van der Waals surface area contributed by atoms with Gasteiger partial charge in [0.15, 0.2) is 12.0 Å². The van der Waals surface area contributed by atoms with Crippen LogP contribution in [0.25, 0.3) is 0 Å². The number of fused-ring (bicyclic) bond motifs is 1. The van der Waals surface area contributed by atoms with Gasteiger partial charge in [0.05, 0.1) is 5.70 Å². The second kappa shape index (κ2) is 4.61. The molecule has 17 heavy (non-hydrogen) atoms. The van der Waals surface area contributed by atoms with E-state index < -0.39 is 0 Å². The Bertz CT molecular complexity index is 412. The summed E-state index contributed by atoms with van der Waals surface area (Å²) in [5.74, 6) is 0.674. The molecule has 92 valence electrons. The molecule has 1 aliphatic carbocycles. The first-order valence-corrected chi connectivity index (χ1v) is 5.67. The number of hydrogen-bond donors (Lipinski definition) is 1. The zero-order valence-corrected chi connectivity index (χ0v) is 10.0. The van der Waals surface area contributed by atoms with Crippen molar-refractivity contribution in [3.05, 3.63) is 23.6 Å². The summed E-state index contributed by atoms with van der Waals surface area (Å²) < 4.78 is 5.68. The molecule has 2 aliphatic rings. The Labute approximate surface area is 100 Å². The third-order valence-corrected chi connectivity index (χ3v) is 2.88. The molecule has 5 nitrogen and oxygen atoms in total. The van der Waals surface area contributed by atoms with E-state index in [1.54, 1.807) is 6.08 Å². The van der Waals surface area contributed by atoms with Crippen LogP contribution in [0.15, 0.2) is 23.6 Å². The van der Waals surface area contributed by atoms with E-state index in [0.717, 1.165) is 5.70 Å². The van der Waals surface area contributed by atoms with Crippen LogP contribution in [-0.2, 0) is 14.3 Å². The molecule has 1 amide bonds. The number of allylic oxidation sites excluding steroid dienone is 2. The van der Waals surface area contributed by atoms with E-state index in [1.807, 2.05) is 18.0 Å². The van der Waals surface area contributed by atoms with Gasteiger partial charge in [-0.15, -0.1) is 0 Å². The number of hydrogen-bond acceptors (Lipinski definition) is 4. The number of carbonyl (C=O) groups is 2. The fourth-order valence-corrected chi connectivity index (χ4v) is 1.99. The molecule has 5 heteroatoms. The number of carbonyl (C=O) groups excluding carboxylic acids is 2. The molecule has 0 spiro atoms. The molecule has 0 aromatic rings. The quantitative estimate of drug-likeness (QED) is 0.777. The van der Waals surface area contributed by atoms with Crippen molar-refractivity contribution >= 4 is 11.7 Å². The molecule has 0 radical (unpaired) electrons. The highest BCUT2D eigenvalue weighted by atomic mass is 16.5. The molecule has 1 N–H and O–H groups in total. The SMILES string of the molecule is CC(=O)NCCC1OC2=CC(=O)CC=C2N1C. The smallest absolute Gasteiger partial charge is 0.216 e. The fraction of sp³-hybridized carbons (Fsp3) is 0.500. The van der Waals surface area contributed by atoms with Gasteiger partial charge in [0, 0.05) is 39.4 Å². The first-order valence-electron chi connectivity index (χ1n) is 5.67. The van der Waals surface area contributed by atoms with Crippen LogP contribution in [0.4, 0.5) is 0 Å². The molecule has 0 saturated carbocycles.